The molecule has 4 nitrogen and oxygen atoms in total. The number of ether oxygens (including phenoxy) is 1. The van der Waals surface area contributed by atoms with Gasteiger partial charge in [-0.1, -0.05) is 6.92 Å². The monoisotopic (exact) mass is 243 g/mol. The smallest absolute Gasteiger partial charge is 0.317 e. The minimum absolute atomic E-state index is 0.0466. The van der Waals surface area contributed by atoms with Crippen molar-refractivity contribution in [3.63, 3.8) is 0 Å². The molecule has 1 N–H and O–H groups in total. The van der Waals surface area contributed by atoms with Crippen molar-refractivity contribution in [2.24, 2.45) is 0 Å². The van der Waals surface area contributed by atoms with Gasteiger partial charge in [0.15, 0.2) is 0 Å². The van der Waals surface area contributed by atoms with Gasteiger partial charge in [-0.15, -0.1) is 0 Å². The lowest BCUT2D eigenvalue weighted by Gasteiger charge is -2.30. The maximum atomic E-state index is 10.8. The fraction of sp³-hybridized carbons (Fsp3) is 0.923. The zero-order valence-electron chi connectivity index (χ0n) is 11.4. The van der Waals surface area contributed by atoms with Gasteiger partial charge in [-0.05, 0) is 40.0 Å². The molecule has 100 valence electrons. The van der Waals surface area contributed by atoms with E-state index in [9.17, 15) is 4.79 Å². The average Bonchev–Trinajstić information content (AvgIpc) is 2.55. The van der Waals surface area contributed by atoms with E-state index < -0.39 is 5.97 Å². The van der Waals surface area contributed by atoms with Crippen molar-refractivity contribution < 1.29 is 14.6 Å². The number of nitrogens with zero attached hydrogens (tertiary/aromatic N) is 1. The van der Waals surface area contributed by atoms with Gasteiger partial charge < -0.3 is 9.84 Å². The van der Waals surface area contributed by atoms with E-state index in [1.54, 1.807) is 0 Å². The van der Waals surface area contributed by atoms with Gasteiger partial charge >= 0.3 is 5.97 Å². The molecule has 0 aliphatic carbocycles. The van der Waals surface area contributed by atoms with Crippen LogP contribution >= 0.6 is 0 Å². The van der Waals surface area contributed by atoms with E-state index in [4.69, 9.17) is 9.84 Å². The molecule has 2 unspecified atom stereocenters. The SMILES string of the molecule is CCC(C)N(CC(=O)O)CC1CCC(C)(C)O1. The molecule has 0 bridgehead atoms. The topological polar surface area (TPSA) is 49.8 Å². The highest BCUT2D eigenvalue weighted by atomic mass is 16.5. The standard InChI is InChI=1S/C13H25NO3/c1-5-10(2)14(9-12(15)16)8-11-6-7-13(3,4)17-11/h10-11H,5-9H2,1-4H3,(H,15,16). The van der Waals surface area contributed by atoms with E-state index in [1.165, 1.54) is 0 Å². The van der Waals surface area contributed by atoms with Crippen LogP contribution in [0.2, 0.25) is 0 Å². The Balaban J connectivity index is 2.52. The van der Waals surface area contributed by atoms with Gasteiger partial charge in [-0.3, -0.25) is 9.69 Å². The fourth-order valence-corrected chi connectivity index (χ4v) is 2.30. The first-order valence-corrected chi connectivity index (χ1v) is 6.47. The highest BCUT2D eigenvalue weighted by Gasteiger charge is 2.33. The second-order valence-corrected chi connectivity index (χ2v) is 5.62. The van der Waals surface area contributed by atoms with Gasteiger partial charge in [-0.2, -0.15) is 0 Å². The summed E-state index contributed by atoms with van der Waals surface area (Å²) in [7, 11) is 0. The van der Waals surface area contributed by atoms with E-state index >= 15 is 0 Å². The molecule has 0 spiro atoms. The van der Waals surface area contributed by atoms with Crippen molar-refractivity contribution in [3.05, 3.63) is 0 Å². The maximum Gasteiger partial charge on any atom is 0.317 e. The molecule has 0 aromatic heterocycles. The van der Waals surface area contributed by atoms with E-state index in [0.717, 1.165) is 25.8 Å². The predicted octanol–water partition coefficient (Wildman–Crippen LogP) is 2.13. The lowest BCUT2D eigenvalue weighted by atomic mass is 10.1. The van der Waals surface area contributed by atoms with Crippen LogP contribution in [0.1, 0.15) is 47.0 Å². The molecule has 4 heteroatoms. The maximum absolute atomic E-state index is 10.8. The van der Waals surface area contributed by atoms with Crippen LogP contribution in [0.5, 0.6) is 0 Å². The van der Waals surface area contributed by atoms with Crippen LogP contribution in [0, 0.1) is 0 Å². The van der Waals surface area contributed by atoms with Crippen LogP contribution < -0.4 is 0 Å². The third-order valence-electron chi connectivity index (χ3n) is 3.54. The minimum atomic E-state index is -0.762. The van der Waals surface area contributed by atoms with Crippen molar-refractivity contribution in [3.8, 4) is 0 Å². The van der Waals surface area contributed by atoms with Crippen molar-refractivity contribution in [1.29, 1.82) is 0 Å². The highest BCUT2D eigenvalue weighted by Crippen LogP contribution is 2.30. The van der Waals surface area contributed by atoms with E-state index in [1.807, 2.05) is 4.90 Å². The molecule has 0 aromatic carbocycles. The number of hydrogen-bond acceptors (Lipinski definition) is 3. The third kappa shape index (κ3) is 4.64. The Morgan fingerprint density at radius 2 is 2.24 bits per heavy atom. The molecule has 0 aromatic rings. The molecular formula is C13H25NO3. The fourth-order valence-electron chi connectivity index (χ4n) is 2.30. The van der Waals surface area contributed by atoms with Crippen LogP contribution in [0.4, 0.5) is 0 Å². The van der Waals surface area contributed by atoms with Gasteiger partial charge in [0.05, 0.1) is 18.2 Å². The Labute approximate surface area is 104 Å². The van der Waals surface area contributed by atoms with Gasteiger partial charge in [0.1, 0.15) is 0 Å². The molecule has 1 aliphatic rings. The molecule has 17 heavy (non-hydrogen) atoms. The Morgan fingerprint density at radius 3 is 2.65 bits per heavy atom. The first-order valence-electron chi connectivity index (χ1n) is 6.47. The van der Waals surface area contributed by atoms with E-state index in [-0.39, 0.29) is 18.2 Å². The Kier molecular flexibility index (Phi) is 4.95. The molecule has 0 radical (unpaired) electrons. The molecular weight excluding hydrogens is 218 g/mol. The number of carbonyl (C=O) groups is 1. The Morgan fingerprint density at radius 1 is 1.59 bits per heavy atom. The lowest BCUT2D eigenvalue weighted by Crippen LogP contribution is -2.42. The quantitative estimate of drug-likeness (QED) is 0.776. The van der Waals surface area contributed by atoms with Gasteiger partial charge in [-0.25, -0.2) is 0 Å². The van der Waals surface area contributed by atoms with Crippen LogP contribution in [0.15, 0.2) is 0 Å². The van der Waals surface area contributed by atoms with Gasteiger partial charge in [0, 0.05) is 12.6 Å². The van der Waals surface area contributed by atoms with Crippen molar-refractivity contribution >= 4 is 5.97 Å². The number of carboxylic acid groups (broad SMARTS) is 1. The third-order valence-corrected chi connectivity index (χ3v) is 3.54. The zero-order chi connectivity index (χ0) is 13.1. The number of carboxylic acids is 1. The molecule has 1 aliphatic heterocycles. The summed E-state index contributed by atoms with van der Waals surface area (Å²) in [6.07, 6.45) is 3.22. The molecule has 0 amide bonds. The molecule has 1 saturated heterocycles. The summed E-state index contributed by atoms with van der Waals surface area (Å²) >= 11 is 0. The normalized spacial score (nSPS) is 25.1. The van der Waals surface area contributed by atoms with Crippen LogP contribution in [0.25, 0.3) is 0 Å². The van der Waals surface area contributed by atoms with E-state index in [2.05, 4.69) is 27.7 Å². The zero-order valence-corrected chi connectivity index (χ0v) is 11.4. The van der Waals surface area contributed by atoms with E-state index in [0.29, 0.717) is 6.04 Å². The molecule has 2 atom stereocenters. The van der Waals surface area contributed by atoms with Crippen molar-refractivity contribution in [2.45, 2.75) is 64.7 Å². The summed E-state index contributed by atoms with van der Waals surface area (Å²) in [6, 6.07) is 0.290. The minimum Gasteiger partial charge on any atom is -0.480 e. The van der Waals surface area contributed by atoms with Gasteiger partial charge in [0.25, 0.3) is 0 Å². The molecule has 1 heterocycles. The second kappa shape index (κ2) is 5.83. The first kappa shape index (κ1) is 14.5. The number of rotatable bonds is 6. The van der Waals surface area contributed by atoms with Crippen LogP contribution in [-0.2, 0) is 9.53 Å². The Hall–Kier alpha value is -0.610. The Bertz CT molecular complexity index is 265. The van der Waals surface area contributed by atoms with Gasteiger partial charge in [0.2, 0.25) is 0 Å². The summed E-state index contributed by atoms with van der Waals surface area (Å²) in [5.74, 6) is -0.762. The van der Waals surface area contributed by atoms with Crippen LogP contribution in [-0.4, -0.2) is 46.8 Å². The van der Waals surface area contributed by atoms with Crippen LogP contribution in [0.3, 0.4) is 0 Å². The summed E-state index contributed by atoms with van der Waals surface area (Å²) in [4.78, 5) is 12.9. The predicted molar refractivity (Wildman–Crippen MR) is 67.1 cm³/mol. The second-order valence-electron chi connectivity index (χ2n) is 5.62. The summed E-state index contributed by atoms with van der Waals surface area (Å²) in [5.41, 5.74) is -0.0466. The highest BCUT2D eigenvalue weighted by molar-refractivity contribution is 5.69. The first-order chi connectivity index (χ1) is 7.84. The summed E-state index contributed by atoms with van der Waals surface area (Å²) in [6.45, 7) is 9.18. The molecule has 1 rings (SSSR count). The summed E-state index contributed by atoms with van der Waals surface area (Å²) in [5, 5.41) is 8.92. The average molecular weight is 243 g/mol. The van der Waals surface area contributed by atoms with Crippen molar-refractivity contribution in [2.75, 3.05) is 13.1 Å². The molecule has 1 fully saturated rings. The lowest BCUT2D eigenvalue weighted by molar-refractivity contribution is -0.139. The molecule has 0 saturated carbocycles. The number of aliphatic carboxylic acids is 1. The summed E-state index contributed by atoms with van der Waals surface area (Å²) < 4.78 is 5.92. The number of hydrogen-bond donors (Lipinski definition) is 1. The largest absolute Gasteiger partial charge is 0.480 e. The van der Waals surface area contributed by atoms with Crippen molar-refractivity contribution in [1.82, 2.24) is 4.90 Å².